The van der Waals surface area contributed by atoms with Crippen LogP contribution in [0.1, 0.15) is 11.1 Å². The van der Waals surface area contributed by atoms with Crippen LogP contribution in [0.4, 0.5) is 0 Å². The van der Waals surface area contributed by atoms with Gasteiger partial charge in [0.25, 0.3) is 0 Å². The summed E-state index contributed by atoms with van der Waals surface area (Å²) in [4.78, 5) is 4.72. The van der Waals surface area contributed by atoms with E-state index < -0.39 is 0 Å². The number of hydrogen-bond acceptors (Lipinski definition) is 2. The van der Waals surface area contributed by atoms with Gasteiger partial charge in [-0.3, -0.25) is 4.84 Å². The molecule has 0 saturated carbocycles. The lowest BCUT2D eigenvalue weighted by molar-refractivity contribution is 0.124. The number of fused-ring (bicyclic) bond motifs is 1. The van der Waals surface area contributed by atoms with Crippen LogP contribution in [0.25, 0.3) is 10.8 Å². The monoisotopic (exact) mass is 187 g/mol. The van der Waals surface area contributed by atoms with Gasteiger partial charge in [-0.2, -0.15) is 0 Å². The summed E-state index contributed by atoms with van der Waals surface area (Å²) in [5.74, 6) is 5.12. The van der Waals surface area contributed by atoms with E-state index in [-0.39, 0.29) is 0 Å². The van der Waals surface area contributed by atoms with Crippen LogP contribution in [-0.4, -0.2) is 0 Å². The molecule has 2 heteroatoms. The minimum absolute atomic E-state index is 0.465. The molecule has 0 aliphatic rings. The van der Waals surface area contributed by atoms with Crippen molar-refractivity contribution in [1.29, 1.82) is 0 Å². The zero-order chi connectivity index (χ0) is 9.97. The van der Waals surface area contributed by atoms with Gasteiger partial charge in [-0.15, -0.1) is 0 Å². The summed E-state index contributed by atoms with van der Waals surface area (Å²) >= 11 is 0. The van der Waals surface area contributed by atoms with Crippen molar-refractivity contribution < 1.29 is 4.84 Å². The first-order valence-electron chi connectivity index (χ1n) is 4.62. The third kappa shape index (κ3) is 1.50. The largest absolute Gasteiger partial charge is 0.300 e. The van der Waals surface area contributed by atoms with Crippen LogP contribution in [0.2, 0.25) is 0 Å². The maximum absolute atomic E-state index is 5.12. The Labute approximate surface area is 83.3 Å². The molecule has 0 bridgehead atoms. The van der Waals surface area contributed by atoms with Crippen LogP contribution in [0.3, 0.4) is 0 Å². The highest BCUT2D eigenvalue weighted by Crippen LogP contribution is 2.22. The van der Waals surface area contributed by atoms with Gasteiger partial charge in [0.2, 0.25) is 0 Å². The van der Waals surface area contributed by atoms with Crippen LogP contribution in [0.15, 0.2) is 36.4 Å². The second-order valence-corrected chi connectivity index (χ2v) is 3.39. The zero-order valence-corrected chi connectivity index (χ0v) is 8.16. The highest BCUT2D eigenvalue weighted by Gasteiger charge is 2.03. The van der Waals surface area contributed by atoms with E-state index in [0.717, 1.165) is 0 Å². The predicted octanol–water partition coefficient (Wildman–Crippen LogP) is 2.54. The summed E-state index contributed by atoms with van der Waals surface area (Å²) in [6.45, 7) is 2.54. The Kier molecular flexibility index (Phi) is 2.48. The SMILES string of the molecule is Cc1ccc2ccccc2c1CON. The van der Waals surface area contributed by atoms with E-state index in [1.54, 1.807) is 0 Å². The van der Waals surface area contributed by atoms with Crippen molar-refractivity contribution in [1.82, 2.24) is 0 Å². The number of hydrogen-bond donors (Lipinski definition) is 1. The van der Waals surface area contributed by atoms with Crippen molar-refractivity contribution in [2.45, 2.75) is 13.5 Å². The summed E-state index contributed by atoms with van der Waals surface area (Å²) < 4.78 is 0. The Bertz CT molecular complexity index is 451. The molecule has 2 nitrogen and oxygen atoms in total. The molecule has 0 aliphatic heterocycles. The fourth-order valence-corrected chi connectivity index (χ4v) is 1.72. The molecular weight excluding hydrogens is 174 g/mol. The Morgan fingerprint density at radius 2 is 1.93 bits per heavy atom. The van der Waals surface area contributed by atoms with Gasteiger partial charge in [0.15, 0.2) is 0 Å². The highest BCUT2D eigenvalue weighted by atomic mass is 16.6. The van der Waals surface area contributed by atoms with Crippen molar-refractivity contribution in [3.05, 3.63) is 47.5 Å². The summed E-state index contributed by atoms with van der Waals surface area (Å²) in [7, 11) is 0. The molecule has 14 heavy (non-hydrogen) atoms. The number of aryl methyl sites for hydroxylation is 1. The molecule has 2 aromatic rings. The van der Waals surface area contributed by atoms with Crippen LogP contribution >= 0.6 is 0 Å². The second kappa shape index (κ2) is 3.78. The molecule has 0 atom stereocenters. The van der Waals surface area contributed by atoms with E-state index >= 15 is 0 Å². The van der Waals surface area contributed by atoms with Crippen molar-refractivity contribution in [2.75, 3.05) is 0 Å². The molecule has 0 spiro atoms. The Morgan fingerprint density at radius 1 is 1.14 bits per heavy atom. The molecule has 2 aromatic carbocycles. The molecule has 0 fully saturated rings. The first kappa shape index (κ1) is 9.19. The summed E-state index contributed by atoms with van der Waals surface area (Å²) in [5, 5.41) is 2.45. The first-order chi connectivity index (χ1) is 6.83. The third-order valence-electron chi connectivity index (χ3n) is 2.50. The van der Waals surface area contributed by atoms with Crippen LogP contribution in [0, 0.1) is 6.92 Å². The van der Waals surface area contributed by atoms with E-state index in [1.807, 2.05) is 12.1 Å². The molecule has 0 saturated heterocycles. The lowest BCUT2D eigenvalue weighted by atomic mass is 10.0. The molecule has 2 rings (SSSR count). The van der Waals surface area contributed by atoms with Crippen LogP contribution < -0.4 is 5.90 Å². The van der Waals surface area contributed by atoms with Crippen molar-refractivity contribution in [2.24, 2.45) is 5.90 Å². The average molecular weight is 187 g/mol. The highest BCUT2D eigenvalue weighted by molar-refractivity contribution is 5.86. The molecule has 0 aromatic heterocycles. The van der Waals surface area contributed by atoms with Crippen molar-refractivity contribution in [3.8, 4) is 0 Å². The molecule has 2 N–H and O–H groups in total. The topological polar surface area (TPSA) is 35.2 Å². The first-order valence-corrected chi connectivity index (χ1v) is 4.62. The van der Waals surface area contributed by atoms with Gasteiger partial charge in [0.1, 0.15) is 0 Å². The van der Waals surface area contributed by atoms with E-state index in [1.165, 1.54) is 21.9 Å². The molecule has 72 valence electrons. The predicted molar refractivity (Wildman–Crippen MR) is 57.7 cm³/mol. The third-order valence-corrected chi connectivity index (χ3v) is 2.50. The molecular formula is C12H13NO. The van der Waals surface area contributed by atoms with E-state index in [2.05, 4.69) is 31.2 Å². The molecule has 0 amide bonds. The number of benzene rings is 2. The summed E-state index contributed by atoms with van der Waals surface area (Å²) in [6, 6.07) is 12.5. The van der Waals surface area contributed by atoms with Gasteiger partial charge in [-0.25, -0.2) is 5.90 Å². The van der Waals surface area contributed by atoms with Gasteiger partial charge in [0.05, 0.1) is 6.61 Å². The fourth-order valence-electron chi connectivity index (χ4n) is 1.72. The fraction of sp³-hybridized carbons (Fsp3) is 0.167. The zero-order valence-electron chi connectivity index (χ0n) is 8.16. The normalized spacial score (nSPS) is 10.7. The van der Waals surface area contributed by atoms with Crippen molar-refractivity contribution in [3.63, 3.8) is 0 Å². The molecule has 0 aliphatic carbocycles. The smallest absolute Gasteiger partial charge is 0.0938 e. The quantitative estimate of drug-likeness (QED) is 0.733. The number of rotatable bonds is 2. The Hall–Kier alpha value is -1.38. The minimum atomic E-state index is 0.465. The lowest BCUT2D eigenvalue weighted by Crippen LogP contribution is -2.01. The van der Waals surface area contributed by atoms with E-state index in [4.69, 9.17) is 10.7 Å². The Morgan fingerprint density at radius 3 is 2.71 bits per heavy atom. The lowest BCUT2D eigenvalue weighted by Gasteiger charge is -2.08. The van der Waals surface area contributed by atoms with Gasteiger partial charge in [-0.05, 0) is 28.8 Å². The summed E-state index contributed by atoms with van der Waals surface area (Å²) in [5.41, 5.74) is 2.39. The van der Waals surface area contributed by atoms with Gasteiger partial charge >= 0.3 is 0 Å². The average Bonchev–Trinajstić information content (AvgIpc) is 2.23. The Balaban J connectivity index is 2.69. The maximum atomic E-state index is 5.12. The molecule has 0 radical (unpaired) electrons. The van der Waals surface area contributed by atoms with Gasteiger partial charge in [-0.1, -0.05) is 36.4 Å². The number of nitrogens with two attached hydrogens (primary N) is 1. The van der Waals surface area contributed by atoms with Gasteiger partial charge < -0.3 is 0 Å². The van der Waals surface area contributed by atoms with Gasteiger partial charge in [0, 0.05) is 0 Å². The molecule has 0 unspecified atom stereocenters. The van der Waals surface area contributed by atoms with E-state index in [0.29, 0.717) is 6.61 Å². The van der Waals surface area contributed by atoms with E-state index in [9.17, 15) is 0 Å². The standard InChI is InChI=1S/C12H13NO/c1-9-6-7-10-4-2-3-5-11(10)12(9)8-14-13/h2-7H,8,13H2,1H3. The maximum Gasteiger partial charge on any atom is 0.0938 e. The summed E-state index contributed by atoms with van der Waals surface area (Å²) in [6.07, 6.45) is 0. The molecule has 0 heterocycles. The minimum Gasteiger partial charge on any atom is -0.300 e. The van der Waals surface area contributed by atoms with Crippen LogP contribution in [-0.2, 0) is 11.4 Å². The van der Waals surface area contributed by atoms with Crippen molar-refractivity contribution >= 4 is 10.8 Å². The second-order valence-electron chi connectivity index (χ2n) is 3.39. The van der Waals surface area contributed by atoms with Crippen LogP contribution in [0.5, 0.6) is 0 Å².